The van der Waals surface area contributed by atoms with E-state index in [9.17, 15) is 8.42 Å². The van der Waals surface area contributed by atoms with E-state index in [1.54, 1.807) is 24.3 Å². The minimum absolute atomic E-state index is 0.310. The smallest absolute Gasteiger partial charge is 0.242 e. The number of nitrogens with two attached hydrogens (primary N) is 1. The van der Waals surface area contributed by atoms with Gasteiger partial charge in [-0.05, 0) is 49.6 Å². The van der Waals surface area contributed by atoms with E-state index in [0.717, 1.165) is 31.6 Å². The number of anilines is 1. The summed E-state index contributed by atoms with van der Waals surface area (Å²) in [6.45, 7) is 3.72. The third-order valence-electron chi connectivity index (χ3n) is 3.24. The molecule has 0 amide bonds. The van der Waals surface area contributed by atoms with Crippen LogP contribution in [0.25, 0.3) is 0 Å². The van der Waals surface area contributed by atoms with E-state index in [0.29, 0.717) is 10.8 Å². The fourth-order valence-corrected chi connectivity index (χ4v) is 2.66. The van der Waals surface area contributed by atoms with Gasteiger partial charge in [-0.2, -0.15) is 0 Å². The van der Waals surface area contributed by atoms with Crippen LogP contribution in [0.15, 0.2) is 29.2 Å². The number of nitrogens with zero attached hydrogens (tertiary/aromatic N) is 1. The summed E-state index contributed by atoms with van der Waals surface area (Å²) in [7, 11) is -0.286. The maximum Gasteiger partial charge on any atom is 0.242 e. The Hall–Kier alpha value is -1.11. The summed E-state index contributed by atoms with van der Waals surface area (Å²) < 4.78 is 25.0. The highest BCUT2D eigenvalue weighted by Gasteiger charge is 2.16. The maximum absolute atomic E-state index is 11.9. The van der Waals surface area contributed by atoms with Gasteiger partial charge in [0.2, 0.25) is 10.0 Å². The lowest BCUT2D eigenvalue weighted by Crippen LogP contribution is -2.22. The summed E-state index contributed by atoms with van der Waals surface area (Å²) in [4.78, 5) is 0.310. The Morgan fingerprint density at radius 1 is 1.25 bits per heavy atom. The van der Waals surface area contributed by atoms with Crippen LogP contribution in [0.2, 0.25) is 0 Å². The lowest BCUT2D eigenvalue weighted by Gasteiger charge is -2.12. The van der Waals surface area contributed by atoms with Crippen molar-refractivity contribution < 1.29 is 8.42 Å². The van der Waals surface area contributed by atoms with Crippen LogP contribution in [-0.2, 0) is 10.0 Å². The lowest BCUT2D eigenvalue weighted by atomic mass is 10.1. The molecule has 3 N–H and O–H groups in total. The van der Waals surface area contributed by atoms with Crippen LogP contribution < -0.4 is 11.1 Å². The topological polar surface area (TPSA) is 75.4 Å². The second-order valence-corrected chi connectivity index (χ2v) is 7.37. The molecule has 0 saturated heterocycles. The normalized spacial score (nSPS) is 13.4. The molecule has 114 valence electrons. The van der Waals surface area contributed by atoms with Gasteiger partial charge in [-0.1, -0.05) is 6.92 Å². The van der Waals surface area contributed by atoms with Crippen LogP contribution in [0.4, 0.5) is 5.69 Å². The molecular weight excluding hydrogens is 274 g/mol. The molecule has 6 heteroatoms. The van der Waals surface area contributed by atoms with Gasteiger partial charge in [0.25, 0.3) is 0 Å². The molecule has 1 rings (SSSR count). The van der Waals surface area contributed by atoms with E-state index in [-0.39, 0.29) is 0 Å². The monoisotopic (exact) mass is 299 g/mol. The molecule has 1 unspecified atom stereocenters. The summed E-state index contributed by atoms with van der Waals surface area (Å²) in [6, 6.07) is 6.84. The van der Waals surface area contributed by atoms with Crippen molar-refractivity contribution in [1.82, 2.24) is 4.31 Å². The van der Waals surface area contributed by atoms with E-state index < -0.39 is 10.0 Å². The minimum atomic E-state index is -3.34. The Morgan fingerprint density at radius 3 is 2.35 bits per heavy atom. The van der Waals surface area contributed by atoms with Gasteiger partial charge in [0, 0.05) is 26.3 Å². The van der Waals surface area contributed by atoms with Crippen molar-refractivity contribution in [2.45, 2.75) is 24.7 Å². The van der Waals surface area contributed by atoms with Crippen LogP contribution in [0.1, 0.15) is 19.8 Å². The predicted octanol–water partition coefficient (Wildman–Crippen LogP) is 1.72. The molecular formula is C14H25N3O2S. The van der Waals surface area contributed by atoms with E-state index >= 15 is 0 Å². The molecule has 0 aromatic heterocycles. The Labute approximate surface area is 122 Å². The Kier molecular flexibility index (Phi) is 6.45. The molecule has 0 heterocycles. The van der Waals surface area contributed by atoms with Gasteiger partial charge in [0.15, 0.2) is 0 Å². The Bertz CT molecular complexity index is 498. The Balaban J connectivity index is 2.52. The van der Waals surface area contributed by atoms with Crippen LogP contribution >= 0.6 is 0 Å². The van der Waals surface area contributed by atoms with E-state index in [1.807, 2.05) is 0 Å². The second-order valence-electron chi connectivity index (χ2n) is 5.22. The third-order valence-corrected chi connectivity index (χ3v) is 5.07. The van der Waals surface area contributed by atoms with Crippen LogP contribution in [0, 0.1) is 5.92 Å². The number of hydrogen-bond donors (Lipinski definition) is 2. The van der Waals surface area contributed by atoms with Gasteiger partial charge < -0.3 is 11.1 Å². The average molecular weight is 299 g/mol. The molecule has 0 bridgehead atoms. The molecule has 1 aromatic carbocycles. The van der Waals surface area contributed by atoms with Gasteiger partial charge in [-0.25, -0.2) is 12.7 Å². The van der Waals surface area contributed by atoms with Crippen molar-refractivity contribution in [1.29, 1.82) is 0 Å². The molecule has 0 saturated carbocycles. The number of sulfonamides is 1. The van der Waals surface area contributed by atoms with Crippen molar-refractivity contribution in [2.24, 2.45) is 11.7 Å². The maximum atomic E-state index is 11.9. The molecule has 1 atom stereocenters. The van der Waals surface area contributed by atoms with Gasteiger partial charge in [0.05, 0.1) is 4.90 Å². The van der Waals surface area contributed by atoms with Crippen LogP contribution in [0.5, 0.6) is 0 Å². The van der Waals surface area contributed by atoms with Crippen molar-refractivity contribution >= 4 is 15.7 Å². The van der Waals surface area contributed by atoms with E-state index in [1.165, 1.54) is 18.4 Å². The predicted molar refractivity (Wildman–Crippen MR) is 83.3 cm³/mol. The third kappa shape index (κ3) is 4.77. The van der Waals surface area contributed by atoms with Crippen LogP contribution in [-0.4, -0.2) is 39.9 Å². The molecule has 0 aliphatic heterocycles. The highest BCUT2D eigenvalue weighted by molar-refractivity contribution is 7.89. The average Bonchev–Trinajstić information content (AvgIpc) is 2.43. The second kappa shape index (κ2) is 7.61. The van der Waals surface area contributed by atoms with Crippen molar-refractivity contribution in [3.05, 3.63) is 24.3 Å². The first-order chi connectivity index (χ1) is 9.37. The minimum Gasteiger partial charge on any atom is -0.385 e. The zero-order valence-corrected chi connectivity index (χ0v) is 13.3. The first-order valence-corrected chi connectivity index (χ1v) is 8.28. The largest absolute Gasteiger partial charge is 0.385 e. The molecule has 20 heavy (non-hydrogen) atoms. The van der Waals surface area contributed by atoms with E-state index in [4.69, 9.17) is 5.73 Å². The van der Waals surface area contributed by atoms with Gasteiger partial charge in [-0.15, -0.1) is 0 Å². The fraction of sp³-hybridized carbons (Fsp3) is 0.571. The summed E-state index contributed by atoms with van der Waals surface area (Å²) >= 11 is 0. The summed E-state index contributed by atoms with van der Waals surface area (Å²) in [5.41, 5.74) is 6.50. The molecule has 0 aliphatic carbocycles. The van der Waals surface area contributed by atoms with Gasteiger partial charge in [0.1, 0.15) is 0 Å². The zero-order chi connectivity index (χ0) is 15.2. The number of nitrogens with one attached hydrogen (secondary N) is 1. The fourth-order valence-electron chi connectivity index (χ4n) is 1.76. The highest BCUT2D eigenvalue weighted by atomic mass is 32.2. The zero-order valence-electron chi connectivity index (χ0n) is 12.5. The summed E-state index contributed by atoms with van der Waals surface area (Å²) in [5.74, 6) is 0.546. The van der Waals surface area contributed by atoms with Crippen molar-refractivity contribution in [2.75, 3.05) is 32.5 Å². The number of benzene rings is 1. The van der Waals surface area contributed by atoms with E-state index in [2.05, 4.69) is 12.2 Å². The Morgan fingerprint density at radius 2 is 1.85 bits per heavy atom. The van der Waals surface area contributed by atoms with Crippen LogP contribution in [0.3, 0.4) is 0 Å². The molecule has 0 radical (unpaired) electrons. The molecule has 0 fully saturated rings. The van der Waals surface area contributed by atoms with Crippen molar-refractivity contribution in [3.8, 4) is 0 Å². The summed E-state index contributed by atoms with van der Waals surface area (Å²) in [5, 5.41) is 3.28. The highest BCUT2D eigenvalue weighted by Crippen LogP contribution is 2.16. The number of rotatable bonds is 8. The quantitative estimate of drug-likeness (QED) is 0.717. The van der Waals surface area contributed by atoms with Crippen molar-refractivity contribution in [3.63, 3.8) is 0 Å². The molecule has 1 aromatic rings. The standard InChI is InChI=1S/C14H25N3O2S/c1-12(11-15)5-4-10-16-13-6-8-14(9-7-13)20(18,19)17(2)3/h6-9,12,16H,4-5,10-11,15H2,1-3H3. The lowest BCUT2D eigenvalue weighted by molar-refractivity contribution is 0.520. The molecule has 0 aliphatic rings. The first-order valence-electron chi connectivity index (χ1n) is 6.84. The summed E-state index contributed by atoms with van der Waals surface area (Å²) in [6.07, 6.45) is 2.15. The first kappa shape index (κ1) is 16.9. The van der Waals surface area contributed by atoms with Gasteiger partial charge in [-0.3, -0.25) is 0 Å². The number of hydrogen-bond acceptors (Lipinski definition) is 4. The molecule has 0 spiro atoms. The molecule has 5 nitrogen and oxygen atoms in total. The van der Waals surface area contributed by atoms with Gasteiger partial charge >= 0.3 is 0 Å². The SMILES string of the molecule is CC(CN)CCCNc1ccc(S(=O)(=O)N(C)C)cc1.